The molecule has 0 spiro atoms. The van der Waals surface area contributed by atoms with Gasteiger partial charge in [0.25, 0.3) is 11.8 Å². The number of fused-ring (bicyclic) bond motifs is 1. The van der Waals surface area contributed by atoms with Crippen molar-refractivity contribution in [3.05, 3.63) is 48.7 Å². The maximum Gasteiger partial charge on any atom is 0.433 e. The molecule has 37 heavy (non-hydrogen) atoms. The standard InChI is InChI=1S/C24H25F3N4O5S/c1-2-13-11-23(13,22(33)31-37(34,35)15-7-8-15)30-21(32)18-9-14(12-28-18)36-19-10-20(24(25,26)27)29-17-6-4-3-5-16(17)19/h2-6,10,13-15,18,28H,1,7-9,11-12H2,(H,30,32)(H,31,33)/p+1/t13?,14-,18+,23-/m1/s1. The van der Waals surface area contributed by atoms with E-state index in [4.69, 9.17) is 4.74 Å². The van der Waals surface area contributed by atoms with E-state index >= 15 is 0 Å². The SMILES string of the molecule is C=CC1C[C@]1(NC(=O)[C@@H]1C[C@@H](Oc2cc(C(F)(F)F)nc3ccccc23)C[NH2+]1)C(=O)NS(=O)(=O)C1CC1. The number of rotatable bonds is 8. The van der Waals surface area contributed by atoms with E-state index in [1.165, 1.54) is 12.1 Å². The Morgan fingerprint density at radius 3 is 2.62 bits per heavy atom. The first-order chi connectivity index (χ1) is 17.4. The maximum absolute atomic E-state index is 13.4. The summed E-state index contributed by atoms with van der Waals surface area (Å²) in [5.41, 5.74) is -2.33. The van der Waals surface area contributed by atoms with Crippen LogP contribution in [0.5, 0.6) is 5.75 Å². The molecule has 198 valence electrons. The van der Waals surface area contributed by atoms with Gasteiger partial charge in [-0.3, -0.25) is 14.3 Å². The van der Waals surface area contributed by atoms with E-state index in [9.17, 15) is 31.2 Å². The van der Waals surface area contributed by atoms with E-state index in [0.717, 1.165) is 6.07 Å². The Bertz CT molecular complexity index is 1380. The summed E-state index contributed by atoms with van der Waals surface area (Å²) in [6, 6.07) is 6.51. The predicted octanol–water partition coefficient (Wildman–Crippen LogP) is 1.01. The molecule has 2 aliphatic carbocycles. The zero-order valence-electron chi connectivity index (χ0n) is 19.6. The van der Waals surface area contributed by atoms with Gasteiger partial charge in [-0.05, 0) is 31.4 Å². The maximum atomic E-state index is 13.4. The lowest BCUT2D eigenvalue weighted by Crippen LogP contribution is -2.90. The lowest BCUT2D eigenvalue weighted by Gasteiger charge is -2.20. The summed E-state index contributed by atoms with van der Waals surface area (Å²) in [6.45, 7) is 3.97. The molecule has 2 aromatic rings. The molecule has 1 aromatic carbocycles. The van der Waals surface area contributed by atoms with Crippen LogP contribution in [0.2, 0.25) is 0 Å². The van der Waals surface area contributed by atoms with E-state index in [-0.39, 0.29) is 24.1 Å². The summed E-state index contributed by atoms with van der Waals surface area (Å²) in [6.07, 6.45) is -2.34. The quantitative estimate of drug-likeness (QED) is 0.429. The molecule has 3 fully saturated rings. The summed E-state index contributed by atoms with van der Waals surface area (Å²) in [5.74, 6) is -1.66. The van der Waals surface area contributed by atoms with Crippen LogP contribution >= 0.6 is 0 Å². The van der Waals surface area contributed by atoms with Crippen molar-refractivity contribution >= 4 is 32.7 Å². The number of amides is 2. The summed E-state index contributed by atoms with van der Waals surface area (Å²) in [7, 11) is -3.79. The second kappa shape index (κ2) is 8.98. The molecule has 5 rings (SSSR count). The third kappa shape index (κ3) is 5.01. The number of aromatic nitrogens is 1. The van der Waals surface area contributed by atoms with Crippen molar-refractivity contribution in [1.29, 1.82) is 0 Å². The molecule has 1 saturated heterocycles. The second-order valence-corrected chi connectivity index (χ2v) is 11.7. The van der Waals surface area contributed by atoms with Crippen molar-refractivity contribution in [3.63, 3.8) is 0 Å². The number of ether oxygens (including phenoxy) is 1. The van der Waals surface area contributed by atoms with E-state index in [1.54, 1.807) is 23.5 Å². The van der Waals surface area contributed by atoms with Gasteiger partial charge in [0.15, 0.2) is 12.1 Å². The van der Waals surface area contributed by atoms with Gasteiger partial charge in [-0.15, -0.1) is 6.58 Å². The Labute approximate surface area is 210 Å². The Morgan fingerprint density at radius 2 is 1.97 bits per heavy atom. The lowest BCUT2D eigenvalue weighted by molar-refractivity contribution is -0.659. The Hall–Kier alpha value is -3.19. The van der Waals surface area contributed by atoms with Crippen molar-refractivity contribution in [1.82, 2.24) is 15.0 Å². The summed E-state index contributed by atoms with van der Waals surface area (Å²) in [5, 5.41) is 4.22. The Kier molecular flexibility index (Phi) is 6.18. The predicted molar refractivity (Wildman–Crippen MR) is 126 cm³/mol. The first-order valence-electron chi connectivity index (χ1n) is 11.9. The van der Waals surface area contributed by atoms with Gasteiger partial charge in [0.05, 0.1) is 17.2 Å². The number of halogens is 3. The molecule has 2 heterocycles. The molecule has 2 amide bonds. The molecule has 9 nitrogen and oxygen atoms in total. The van der Waals surface area contributed by atoms with Gasteiger partial charge in [-0.1, -0.05) is 18.2 Å². The van der Waals surface area contributed by atoms with Gasteiger partial charge in [0, 0.05) is 17.4 Å². The lowest BCUT2D eigenvalue weighted by atomic mass is 10.1. The number of hydrogen-bond acceptors (Lipinski definition) is 6. The fourth-order valence-electron chi connectivity index (χ4n) is 4.70. The topological polar surface area (TPSA) is 131 Å². The third-order valence-electron chi connectivity index (χ3n) is 7.05. The number of carbonyl (C=O) groups is 2. The van der Waals surface area contributed by atoms with Crippen LogP contribution in [0.3, 0.4) is 0 Å². The van der Waals surface area contributed by atoms with Crippen LogP contribution in [0.15, 0.2) is 43.0 Å². The summed E-state index contributed by atoms with van der Waals surface area (Å²) < 4.78 is 72.6. The van der Waals surface area contributed by atoms with Crippen molar-refractivity contribution < 1.29 is 41.2 Å². The molecule has 13 heteroatoms. The number of quaternary nitrogens is 1. The van der Waals surface area contributed by atoms with Crippen LogP contribution < -0.4 is 20.1 Å². The summed E-state index contributed by atoms with van der Waals surface area (Å²) >= 11 is 0. The van der Waals surface area contributed by atoms with Gasteiger partial charge in [-0.25, -0.2) is 13.4 Å². The van der Waals surface area contributed by atoms with E-state index in [0.29, 0.717) is 24.8 Å². The molecule has 4 N–H and O–H groups in total. The van der Waals surface area contributed by atoms with Crippen molar-refractivity contribution in [2.24, 2.45) is 5.92 Å². The average molecular weight is 540 g/mol. The highest BCUT2D eigenvalue weighted by Gasteiger charge is 2.61. The molecule has 1 unspecified atom stereocenters. The second-order valence-electron chi connectivity index (χ2n) is 9.76. The van der Waals surface area contributed by atoms with E-state index in [1.807, 2.05) is 0 Å². The molecule has 0 radical (unpaired) electrons. The minimum atomic E-state index is -4.65. The van der Waals surface area contributed by atoms with Gasteiger partial charge in [-0.2, -0.15) is 13.2 Å². The zero-order valence-corrected chi connectivity index (χ0v) is 20.4. The summed E-state index contributed by atoms with van der Waals surface area (Å²) in [4.78, 5) is 29.6. The molecular weight excluding hydrogens is 513 g/mol. The largest absolute Gasteiger partial charge is 0.483 e. The van der Waals surface area contributed by atoms with E-state index < -0.39 is 62.6 Å². The molecule has 3 aliphatic rings. The minimum Gasteiger partial charge on any atom is -0.483 e. The highest BCUT2D eigenvalue weighted by Crippen LogP contribution is 2.45. The number of benzene rings is 1. The number of hydrogen-bond donors (Lipinski definition) is 3. The monoisotopic (exact) mass is 539 g/mol. The normalized spacial score (nSPS) is 27.5. The first kappa shape index (κ1) is 25.5. The van der Waals surface area contributed by atoms with Gasteiger partial charge in [0.1, 0.15) is 23.5 Å². The zero-order chi connectivity index (χ0) is 26.6. The number of nitrogens with zero attached hydrogens (tertiary/aromatic N) is 1. The van der Waals surface area contributed by atoms with Crippen LogP contribution in [-0.4, -0.2) is 54.7 Å². The van der Waals surface area contributed by atoms with E-state index in [2.05, 4.69) is 21.6 Å². The molecular formula is C24H26F3N4O5S+. The highest BCUT2D eigenvalue weighted by molar-refractivity contribution is 7.91. The number of nitrogens with two attached hydrogens (primary N) is 1. The number of alkyl halides is 3. The van der Waals surface area contributed by atoms with Crippen LogP contribution in [0.25, 0.3) is 10.9 Å². The van der Waals surface area contributed by atoms with Crippen LogP contribution in [0.4, 0.5) is 13.2 Å². The fraction of sp³-hybridized carbons (Fsp3) is 0.458. The number of sulfonamides is 1. The van der Waals surface area contributed by atoms with Gasteiger partial charge < -0.3 is 15.4 Å². The smallest absolute Gasteiger partial charge is 0.433 e. The number of nitrogens with one attached hydrogen (secondary N) is 2. The highest BCUT2D eigenvalue weighted by atomic mass is 32.2. The van der Waals surface area contributed by atoms with Crippen LogP contribution in [0, 0.1) is 5.92 Å². The number of carbonyl (C=O) groups excluding carboxylic acids is 2. The van der Waals surface area contributed by atoms with Gasteiger partial charge in [0.2, 0.25) is 10.0 Å². The number of pyridine rings is 1. The average Bonchev–Trinajstić information content (AvgIpc) is 3.76. The van der Waals surface area contributed by atoms with Crippen LogP contribution in [0.1, 0.15) is 31.4 Å². The molecule has 4 atom stereocenters. The van der Waals surface area contributed by atoms with Crippen molar-refractivity contribution in [2.45, 2.75) is 54.8 Å². The minimum absolute atomic E-state index is 0.0208. The Balaban J connectivity index is 1.27. The molecule has 1 aromatic heterocycles. The van der Waals surface area contributed by atoms with Crippen LogP contribution in [-0.2, 0) is 25.8 Å². The fourth-order valence-corrected chi connectivity index (χ4v) is 6.06. The molecule has 0 bridgehead atoms. The third-order valence-corrected chi connectivity index (χ3v) is 8.87. The molecule has 1 aliphatic heterocycles. The number of para-hydroxylation sites is 1. The van der Waals surface area contributed by atoms with Crippen molar-refractivity contribution in [2.75, 3.05) is 6.54 Å². The first-order valence-corrected chi connectivity index (χ1v) is 13.4. The molecule has 2 saturated carbocycles. The van der Waals surface area contributed by atoms with Gasteiger partial charge >= 0.3 is 6.18 Å². The van der Waals surface area contributed by atoms with Crippen molar-refractivity contribution in [3.8, 4) is 5.75 Å². The Morgan fingerprint density at radius 1 is 1.24 bits per heavy atom.